The lowest BCUT2D eigenvalue weighted by Crippen LogP contribution is -2.31. The molecule has 0 radical (unpaired) electrons. The normalized spacial score (nSPS) is 21.1. The number of rotatable bonds is 2. The van der Waals surface area contributed by atoms with Gasteiger partial charge in [0.05, 0.1) is 0 Å². The van der Waals surface area contributed by atoms with Crippen molar-refractivity contribution in [3.05, 3.63) is 76.6 Å². The summed E-state index contributed by atoms with van der Waals surface area (Å²) in [6, 6.07) is 10.6. The molecule has 0 saturated carbocycles. The molecule has 0 bridgehead atoms. The average molecular weight is 313 g/mol. The number of benzene rings is 2. The monoisotopic (exact) mass is 312 g/mol. The molecule has 5 heteroatoms. The Hall–Kier alpha value is -1.81. The highest BCUT2D eigenvalue weighted by molar-refractivity contribution is 6.30. The van der Waals surface area contributed by atoms with Gasteiger partial charge in [-0.05, 0) is 41.0 Å². The molecule has 0 aliphatic heterocycles. The number of allylic oxidation sites excluding steroid dienone is 2. The summed E-state index contributed by atoms with van der Waals surface area (Å²) < 4.78 is 53.5. The maximum atomic E-state index is 13.5. The van der Waals surface area contributed by atoms with Crippen molar-refractivity contribution >= 4 is 17.2 Å². The highest BCUT2D eigenvalue weighted by atomic mass is 35.5. The largest absolute Gasteiger partial charge is 0.405 e. The van der Waals surface area contributed by atoms with Gasteiger partial charge in [0.25, 0.3) is 0 Å². The molecular weight excluding hydrogens is 304 g/mol. The van der Waals surface area contributed by atoms with E-state index in [9.17, 15) is 17.6 Å². The Morgan fingerprint density at radius 3 is 1.95 bits per heavy atom. The summed E-state index contributed by atoms with van der Waals surface area (Å²) in [4.78, 5) is 0. The number of hydrogen-bond donors (Lipinski definition) is 0. The molecule has 2 aromatic rings. The standard InChI is InChI=1S/C16H9ClF4/c17-12-5-1-10(2-6-12)14-9-15(14,16(19,20)21)11-3-7-13(18)8-4-11/h1-9H. The molecule has 0 N–H and O–H groups in total. The second kappa shape index (κ2) is 4.60. The van der Waals surface area contributed by atoms with E-state index in [4.69, 9.17) is 11.6 Å². The predicted octanol–water partition coefficient (Wildman–Crippen LogP) is 5.38. The van der Waals surface area contributed by atoms with Crippen LogP contribution in [0.4, 0.5) is 17.6 Å². The Balaban J connectivity index is 2.03. The molecule has 0 spiro atoms. The van der Waals surface area contributed by atoms with Gasteiger partial charge in [0.15, 0.2) is 0 Å². The van der Waals surface area contributed by atoms with Crippen LogP contribution in [0.2, 0.25) is 5.02 Å². The van der Waals surface area contributed by atoms with Crippen LogP contribution >= 0.6 is 11.6 Å². The lowest BCUT2D eigenvalue weighted by atomic mass is 9.87. The highest BCUT2D eigenvalue weighted by Crippen LogP contribution is 2.61. The number of hydrogen-bond acceptors (Lipinski definition) is 0. The van der Waals surface area contributed by atoms with E-state index in [0.717, 1.165) is 18.2 Å². The molecule has 0 heterocycles. The summed E-state index contributed by atoms with van der Waals surface area (Å²) in [5, 5.41) is 0.458. The van der Waals surface area contributed by atoms with Crippen LogP contribution in [-0.2, 0) is 5.41 Å². The molecule has 21 heavy (non-hydrogen) atoms. The third-order valence-corrected chi connectivity index (χ3v) is 3.86. The molecule has 1 aliphatic rings. The molecule has 0 aromatic heterocycles. The van der Waals surface area contributed by atoms with Crippen LogP contribution in [0.5, 0.6) is 0 Å². The first-order valence-corrected chi connectivity index (χ1v) is 6.54. The predicted molar refractivity (Wildman–Crippen MR) is 73.6 cm³/mol. The molecule has 0 fully saturated rings. The maximum Gasteiger partial charge on any atom is 0.405 e. The second-order valence-electron chi connectivity index (χ2n) is 4.88. The summed E-state index contributed by atoms with van der Waals surface area (Å²) in [7, 11) is 0. The van der Waals surface area contributed by atoms with E-state index in [1.54, 1.807) is 24.3 Å². The van der Waals surface area contributed by atoms with Gasteiger partial charge in [0.1, 0.15) is 11.2 Å². The van der Waals surface area contributed by atoms with Gasteiger partial charge in [0.2, 0.25) is 0 Å². The Kier molecular flexibility index (Phi) is 3.10. The van der Waals surface area contributed by atoms with E-state index in [2.05, 4.69) is 0 Å². The molecule has 108 valence electrons. The van der Waals surface area contributed by atoms with Crippen LogP contribution < -0.4 is 0 Å². The first-order chi connectivity index (χ1) is 9.84. The summed E-state index contributed by atoms with van der Waals surface area (Å²) in [6.45, 7) is 0. The summed E-state index contributed by atoms with van der Waals surface area (Å²) in [5.41, 5.74) is -1.49. The lowest BCUT2D eigenvalue weighted by molar-refractivity contribution is -0.151. The van der Waals surface area contributed by atoms with Crippen molar-refractivity contribution in [2.24, 2.45) is 0 Å². The third kappa shape index (κ3) is 2.23. The topological polar surface area (TPSA) is 0 Å². The van der Waals surface area contributed by atoms with Crippen molar-refractivity contribution in [1.29, 1.82) is 0 Å². The van der Waals surface area contributed by atoms with Gasteiger partial charge in [-0.2, -0.15) is 13.2 Å². The van der Waals surface area contributed by atoms with Crippen LogP contribution in [0.1, 0.15) is 11.1 Å². The Bertz CT molecular complexity index is 699. The first kappa shape index (κ1) is 14.1. The van der Waals surface area contributed by atoms with Crippen molar-refractivity contribution in [3.8, 4) is 0 Å². The average Bonchev–Trinajstić information content (AvgIpc) is 3.17. The smallest absolute Gasteiger partial charge is 0.207 e. The molecule has 2 aromatic carbocycles. The third-order valence-electron chi connectivity index (χ3n) is 3.60. The van der Waals surface area contributed by atoms with Crippen molar-refractivity contribution < 1.29 is 17.6 Å². The highest BCUT2D eigenvalue weighted by Gasteiger charge is 2.65. The zero-order valence-electron chi connectivity index (χ0n) is 10.6. The summed E-state index contributed by atoms with van der Waals surface area (Å²) >= 11 is 5.75. The lowest BCUT2D eigenvalue weighted by Gasteiger charge is -2.23. The van der Waals surface area contributed by atoms with Crippen molar-refractivity contribution in [3.63, 3.8) is 0 Å². The van der Waals surface area contributed by atoms with Gasteiger partial charge >= 0.3 is 6.18 Å². The van der Waals surface area contributed by atoms with Crippen LogP contribution in [-0.4, -0.2) is 6.18 Å². The second-order valence-corrected chi connectivity index (χ2v) is 5.31. The Morgan fingerprint density at radius 2 is 1.43 bits per heavy atom. The van der Waals surface area contributed by atoms with Crippen LogP contribution in [0.15, 0.2) is 54.6 Å². The maximum absolute atomic E-state index is 13.5. The van der Waals surface area contributed by atoms with Gasteiger partial charge in [-0.25, -0.2) is 4.39 Å². The molecule has 1 aliphatic carbocycles. The molecule has 3 rings (SSSR count). The van der Waals surface area contributed by atoms with Gasteiger partial charge in [-0.1, -0.05) is 41.9 Å². The summed E-state index contributed by atoms with van der Waals surface area (Å²) in [5.74, 6) is -0.565. The van der Waals surface area contributed by atoms with E-state index in [1.807, 2.05) is 0 Å². The van der Waals surface area contributed by atoms with Gasteiger partial charge in [0, 0.05) is 5.02 Å². The van der Waals surface area contributed by atoms with Gasteiger partial charge in [-0.3, -0.25) is 0 Å². The van der Waals surface area contributed by atoms with Gasteiger partial charge in [-0.15, -0.1) is 0 Å². The number of halogens is 5. The quantitative estimate of drug-likeness (QED) is 0.653. The van der Waals surface area contributed by atoms with Gasteiger partial charge < -0.3 is 0 Å². The first-order valence-electron chi connectivity index (χ1n) is 6.16. The molecule has 0 nitrogen and oxygen atoms in total. The molecule has 0 saturated heterocycles. The van der Waals surface area contributed by atoms with E-state index in [-0.39, 0.29) is 11.1 Å². The Morgan fingerprint density at radius 1 is 0.857 bits per heavy atom. The molecule has 1 atom stereocenters. The molecular formula is C16H9ClF4. The fourth-order valence-corrected chi connectivity index (χ4v) is 2.60. The fraction of sp³-hybridized carbons (Fsp3) is 0.125. The Labute approximate surface area is 123 Å². The van der Waals surface area contributed by atoms with Crippen molar-refractivity contribution in [2.75, 3.05) is 0 Å². The fourth-order valence-electron chi connectivity index (χ4n) is 2.47. The minimum atomic E-state index is -4.47. The van der Waals surface area contributed by atoms with Crippen LogP contribution in [0, 0.1) is 5.82 Å². The molecule has 1 unspecified atom stereocenters. The molecule has 0 amide bonds. The minimum Gasteiger partial charge on any atom is -0.207 e. The summed E-state index contributed by atoms with van der Waals surface area (Å²) in [6.07, 6.45) is -3.32. The van der Waals surface area contributed by atoms with Crippen molar-refractivity contribution in [2.45, 2.75) is 11.6 Å². The zero-order valence-corrected chi connectivity index (χ0v) is 11.3. The van der Waals surface area contributed by atoms with E-state index >= 15 is 0 Å². The van der Waals surface area contributed by atoms with E-state index in [1.165, 1.54) is 12.1 Å². The van der Waals surface area contributed by atoms with Crippen molar-refractivity contribution in [1.82, 2.24) is 0 Å². The van der Waals surface area contributed by atoms with E-state index in [0.29, 0.717) is 10.6 Å². The number of alkyl halides is 3. The van der Waals surface area contributed by atoms with Crippen LogP contribution in [0.3, 0.4) is 0 Å². The minimum absolute atomic E-state index is 0.0151. The van der Waals surface area contributed by atoms with E-state index < -0.39 is 17.4 Å². The zero-order chi connectivity index (χ0) is 15.3. The van der Waals surface area contributed by atoms with Crippen LogP contribution in [0.25, 0.3) is 5.57 Å². The SMILES string of the molecule is Fc1ccc(C2(C(F)(F)F)C=C2c2ccc(Cl)cc2)cc1.